The minimum atomic E-state index is -0.986. The summed E-state index contributed by atoms with van der Waals surface area (Å²) in [4.78, 5) is 15.7. The first kappa shape index (κ1) is 13.6. The molecule has 2 aromatic carbocycles. The maximum atomic E-state index is 11.3. The molecule has 106 valence electrons. The molecule has 0 spiro atoms. The van der Waals surface area contributed by atoms with Crippen LogP contribution in [0.4, 0.5) is 0 Å². The van der Waals surface area contributed by atoms with Gasteiger partial charge in [0, 0.05) is 0 Å². The lowest BCUT2D eigenvalue weighted by Gasteiger charge is -2.10. The van der Waals surface area contributed by atoms with E-state index in [2.05, 4.69) is 4.98 Å². The Morgan fingerprint density at radius 3 is 2.71 bits per heavy atom. The molecule has 4 nitrogen and oxygen atoms in total. The van der Waals surface area contributed by atoms with E-state index in [1.54, 1.807) is 12.1 Å². The molecule has 3 rings (SSSR count). The van der Waals surface area contributed by atoms with Crippen LogP contribution in [0.1, 0.15) is 21.7 Å². The number of para-hydroxylation sites is 1. The van der Waals surface area contributed by atoms with Crippen molar-refractivity contribution >= 4 is 28.6 Å². The van der Waals surface area contributed by atoms with E-state index < -0.39 is 5.97 Å². The maximum Gasteiger partial charge on any atom is 0.337 e. The number of nitrogens with zero attached hydrogens (tertiary/aromatic N) is 2. The van der Waals surface area contributed by atoms with E-state index in [-0.39, 0.29) is 5.56 Å². The van der Waals surface area contributed by atoms with Gasteiger partial charge in [0.1, 0.15) is 11.3 Å². The zero-order chi connectivity index (χ0) is 15.1. The molecule has 0 bridgehead atoms. The van der Waals surface area contributed by atoms with E-state index in [9.17, 15) is 9.90 Å². The number of aromatic nitrogens is 2. The third kappa shape index (κ3) is 2.17. The fourth-order valence-corrected chi connectivity index (χ4v) is 2.69. The molecule has 0 unspecified atom stereocenters. The van der Waals surface area contributed by atoms with Crippen molar-refractivity contribution in [1.82, 2.24) is 9.55 Å². The summed E-state index contributed by atoms with van der Waals surface area (Å²) in [5.41, 5.74) is 3.28. The Balaban J connectivity index is 2.38. The summed E-state index contributed by atoms with van der Waals surface area (Å²) in [5, 5.41) is 9.88. The third-order valence-corrected chi connectivity index (χ3v) is 3.75. The second kappa shape index (κ2) is 4.90. The summed E-state index contributed by atoms with van der Waals surface area (Å²) in [6.07, 6.45) is 0. The summed E-state index contributed by atoms with van der Waals surface area (Å²) in [6.45, 7) is 3.82. The Morgan fingerprint density at radius 2 is 2.00 bits per heavy atom. The summed E-state index contributed by atoms with van der Waals surface area (Å²) >= 11 is 6.30. The van der Waals surface area contributed by atoms with Crippen LogP contribution in [0.5, 0.6) is 0 Å². The van der Waals surface area contributed by atoms with Gasteiger partial charge in [-0.05, 0) is 43.7 Å². The number of carbonyl (C=O) groups is 1. The van der Waals surface area contributed by atoms with Gasteiger partial charge in [-0.25, -0.2) is 9.78 Å². The minimum absolute atomic E-state index is 0.193. The first-order valence-electron chi connectivity index (χ1n) is 6.47. The van der Waals surface area contributed by atoms with E-state index in [0.29, 0.717) is 16.4 Å². The van der Waals surface area contributed by atoms with E-state index in [4.69, 9.17) is 11.6 Å². The largest absolute Gasteiger partial charge is 0.478 e. The molecule has 0 saturated heterocycles. The van der Waals surface area contributed by atoms with Crippen molar-refractivity contribution in [2.45, 2.75) is 13.8 Å². The minimum Gasteiger partial charge on any atom is -0.478 e. The topological polar surface area (TPSA) is 55.1 Å². The van der Waals surface area contributed by atoms with Crippen molar-refractivity contribution in [1.29, 1.82) is 0 Å². The van der Waals surface area contributed by atoms with E-state index in [1.807, 2.05) is 42.7 Å². The van der Waals surface area contributed by atoms with Gasteiger partial charge < -0.3 is 5.11 Å². The molecule has 0 radical (unpaired) electrons. The van der Waals surface area contributed by atoms with Crippen LogP contribution in [-0.2, 0) is 0 Å². The molecular weight excluding hydrogens is 288 g/mol. The zero-order valence-electron chi connectivity index (χ0n) is 11.6. The maximum absolute atomic E-state index is 11.3. The number of imidazole rings is 1. The average molecular weight is 301 g/mol. The summed E-state index contributed by atoms with van der Waals surface area (Å²) < 4.78 is 1.89. The summed E-state index contributed by atoms with van der Waals surface area (Å²) in [6, 6.07) is 10.8. The third-order valence-electron chi connectivity index (χ3n) is 3.43. The molecule has 0 saturated carbocycles. The molecule has 21 heavy (non-hydrogen) atoms. The number of rotatable bonds is 2. The monoisotopic (exact) mass is 300 g/mol. The lowest BCUT2D eigenvalue weighted by atomic mass is 10.1. The smallest absolute Gasteiger partial charge is 0.337 e. The fourth-order valence-electron chi connectivity index (χ4n) is 2.49. The number of carboxylic acid groups (broad SMARTS) is 1. The van der Waals surface area contributed by atoms with Crippen molar-refractivity contribution in [2.75, 3.05) is 0 Å². The van der Waals surface area contributed by atoms with Crippen molar-refractivity contribution in [3.63, 3.8) is 0 Å². The second-order valence-corrected chi connectivity index (χ2v) is 5.33. The quantitative estimate of drug-likeness (QED) is 0.778. The average Bonchev–Trinajstić information content (AvgIpc) is 2.77. The Labute approximate surface area is 126 Å². The molecule has 0 atom stereocenters. The Bertz CT molecular complexity index is 868. The highest BCUT2D eigenvalue weighted by atomic mass is 35.5. The van der Waals surface area contributed by atoms with Gasteiger partial charge in [0.25, 0.3) is 0 Å². The molecule has 0 fully saturated rings. The standard InChI is InChI=1S/C16H13ClN2O2/c1-9-6-7-12(17)14(8-9)19-10(2)18-15-11(16(20)21)4-3-5-13(15)19/h3-8H,1-2H3,(H,20,21). The van der Waals surface area contributed by atoms with Crippen molar-refractivity contribution < 1.29 is 9.90 Å². The van der Waals surface area contributed by atoms with Crippen molar-refractivity contribution in [2.24, 2.45) is 0 Å². The van der Waals surface area contributed by atoms with Gasteiger partial charge in [-0.1, -0.05) is 23.7 Å². The first-order chi connectivity index (χ1) is 9.99. The molecule has 0 aliphatic rings. The van der Waals surface area contributed by atoms with E-state index >= 15 is 0 Å². The highest BCUT2D eigenvalue weighted by Crippen LogP contribution is 2.28. The van der Waals surface area contributed by atoms with Crippen LogP contribution in [0.3, 0.4) is 0 Å². The summed E-state index contributed by atoms with van der Waals surface area (Å²) in [5.74, 6) is -0.285. The van der Waals surface area contributed by atoms with Gasteiger partial charge in [-0.3, -0.25) is 4.57 Å². The van der Waals surface area contributed by atoms with Gasteiger partial charge in [-0.2, -0.15) is 0 Å². The predicted octanol–water partition coefficient (Wildman–Crippen LogP) is 3.99. The number of benzene rings is 2. The number of carboxylic acids is 1. The summed E-state index contributed by atoms with van der Waals surface area (Å²) in [7, 11) is 0. The number of hydrogen-bond donors (Lipinski definition) is 1. The van der Waals surface area contributed by atoms with Crippen LogP contribution in [0.15, 0.2) is 36.4 Å². The highest BCUT2D eigenvalue weighted by Gasteiger charge is 2.17. The molecule has 3 aromatic rings. The zero-order valence-corrected chi connectivity index (χ0v) is 12.3. The molecule has 1 N–H and O–H groups in total. The van der Waals surface area contributed by atoms with Gasteiger partial charge in [0.15, 0.2) is 0 Å². The lowest BCUT2D eigenvalue weighted by molar-refractivity contribution is 0.0699. The predicted molar refractivity (Wildman–Crippen MR) is 82.5 cm³/mol. The molecule has 5 heteroatoms. The van der Waals surface area contributed by atoms with Crippen LogP contribution in [-0.4, -0.2) is 20.6 Å². The second-order valence-electron chi connectivity index (χ2n) is 4.93. The first-order valence-corrected chi connectivity index (χ1v) is 6.84. The molecular formula is C16H13ClN2O2. The van der Waals surface area contributed by atoms with Gasteiger partial charge in [-0.15, -0.1) is 0 Å². The number of aromatic carboxylic acids is 1. The molecule has 1 aromatic heterocycles. The van der Waals surface area contributed by atoms with Gasteiger partial charge in [0.2, 0.25) is 0 Å². The van der Waals surface area contributed by atoms with E-state index in [0.717, 1.165) is 16.8 Å². The van der Waals surface area contributed by atoms with Crippen molar-refractivity contribution in [3.8, 4) is 5.69 Å². The number of halogens is 1. The normalized spacial score (nSPS) is 11.0. The SMILES string of the molecule is Cc1ccc(Cl)c(-n2c(C)nc3c(C(=O)O)cccc32)c1. The van der Waals surface area contributed by atoms with Crippen LogP contribution in [0.2, 0.25) is 5.02 Å². The Kier molecular flexibility index (Phi) is 3.18. The number of hydrogen-bond acceptors (Lipinski definition) is 2. The van der Waals surface area contributed by atoms with Crippen LogP contribution in [0.25, 0.3) is 16.7 Å². The van der Waals surface area contributed by atoms with Gasteiger partial charge >= 0.3 is 5.97 Å². The van der Waals surface area contributed by atoms with Gasteiger partial charge in [0.05, 0.1) is 21.8 Å². The number of aryl methyl sites for hydroxylation is 2. The fraction of sp³-hybridized carbons (Fsp3) is 0.125. The Hall–Kier alpha value is -2.33. The molecule has 0 aliphatic carbocycles. The van der Waals surface area contributed by atoms with Crippen molar-refractivity contribution in [3.05, 3.63) is 58.4 Å². The van der Waals surface area contributed by atoms with Crippen LogP contribution < -0.4 is 0 Å². The molecule has 0 aliphatic heterocycles. The van der Waals surface area contributed by atoms with Crippen LogP contribution in [0, 0.1) is 13.8 Å². The van der Waals surface area contributed by atoms with Crippen LogP contribution >= 0.6 is 11.6 Å². The van der Waals surface area contributed by atoms with E-state index in [1.165, 1.54) is 0 Å². The highest BCUT2D eigenvalue weighted by molar-refractivity contribution is 6.32. The molecule has 0 amide bonds. The lowest BCUT2D eigenvalue weighted by Crippen LogP contribution is -1.99. The molecule has 1 heterocycles. The number of fused-ring (bicyclic) bond motifs is 1. The Morgan fingerprint density at radius 1 is 1.24 bits per heavy atom.